The molecule has 0 spiro atoms. The summed E-state index contributed by atoms with van der Waals surface area (Å²) in [6.45, 7) is 7.36. The number of allylic oxidation sites excluding steroid dienone is 2. The molecule has 3 amide bonds. The van der Waals surface area contributed by atoms with Gasteiger partial charge in [0.1, 0.15) is 34.5 Å². The number of halogens is 1. The Balaban J connectivity index is 1.30. The number of nitrogens with zero attached hydrogens (tertiary/aromatic N) is 6. The van der Waals surface area contributed by atoms with Gasteiger partial charge in [-0.25, -0.2) is 15.0 Å². The number of aryl methyl sites for hydroxylation is 2. The van der Waals surface area contributed by atoms with Crippen LogP contribution in [-0.4, -0.2) is 71.8 Å². The molecule has 5 heterocycles. The fourth-order valence-electron chi connectivity index (χ4n) is 7.41. The highest BCUT2D eigenvalue weighted by atomic mass is 79.9. The van der Waals surface area contributed by atoms with E-state index in [2.05, 4.69) is 47.6 Å². The number of pyridine rings is 1. The van der Waals surface area contributed by atoms with Crippen molar-refractivity contribution in [1.29, 1.82) is 0 Å². The molecular weight excluding hydrogens is 700 g/mol. The second kappa shape index (κ2) is 13.2. The number of nitrogens with one attached hydrogen (secondary N) is 2. The largest absolute Gasteiger partial charge is 0.355 e. The van der Waals surface area contributed by atoms with Gasteiger partial charge in [-0.3, -0.25) is 23.9 Å². The molecule has 50 heavy (non-hydrogen) atoms. The Hall–Kier alpha value is -4.78. The molecule has 2 N–H and O–H groups in total. The van der Waals surface area contributed by atoms with E-state index < -0.39 is 11.5 Å². The van der Waals surface area contributed by atoms with Gasteiger partial charge in [0.2, 0.25) is 17.7 Å². The van der Waals surface area contributed by atoms with E-state index in [4.69, 9.17) is 5.10 Å². The van der Waals surface area contributed by atoms with Crippen LogP contribution in [0.25, 0.3) is 22.0 Å². The SMILES string of the molecule is CC(=O)c1nn2c3c(cc(-c4cnc(C)nc4)cc13)C/C=C/CCCC(=O)NC[C@@]13C[C@@H](C(=O)Nc4nc(Br)cc(C)c4C)N(C(=O)C2)[C@@H]1C3. The first-order valence-electron chi connectivity index (χ1n) is 16.9. The van der Waals surface area contributed by atoms with Crippen molar-refractivity contribution >= 4 is 56.2 Å². The molecule has 2 aliphatic heterocycles. The van der Waals surface area contributed by atoms with Crippen LogP contribution in [0, 0.1) is 26.2 Å². The normalized spacial score (nSPS) is 22.9. The molecule has 3 atom stereocenters. The number of rotatable bonds is 4. The van der Waals surface area contributed by atoms with Gasteiger partial charge in [-0.1, -0.05) is 12.2 Å². The number of aromatic nitrogens is 5. The summed E-state index contributed by atoms with van der Waals surface area (Å²) in [4.78, 5) is 69.3. The van der Waals surface area contributed by atoms with Crippen LogP contribution in [0.5, 0.6) is 0 Å². The zero-order valence-corrected chi connectivity index (χ0v) is 30.1. The van der Waals surface area contributed by atoms with Crippen molar-refractivity contribution < 1.29 is 19.2 Å². The lowest BCUT2D eigenvalue weighted by molar-refractivity contribution is -0.138. The molecule has 13 heteroatoms. The summed E-state index contributed by atoms with van der Waals surface area (Å²) in [5, 5.41) is 11.4. The smallest absolute Gasteiger partial charge is 0.248 e. The minimum absolute atomic E-state index is 0.0374. The summed E-state index contributed by atoms with van der Waals surface area (Å²) in [6, 6.07) is 4.83. The number of hydrogen-bond donors (Lipinski definition) is 2. The first kappa shape index (κ1) is 33.7. The summed E-state index contributed by atoms with van der Waals surface area (Å²) in [6.07, 6.45) is 11.0. The molecule has 1 saturated heterocycles. The fraction of sp³-hybridized carbons (Fsp3) is 0.405. The minimum Gasteiger partial charge on any atom is -0.355 e. The topological polar surface area (TPSA) is 152 Å². The van der Waals surface area contributed by atoms with Gasteiger partial charge in [-0.15, -0.1) is 0 Å². The van der Waals surface area contributed by atoms with E-state index in [1.165, 1.54) is 6.92 Å². The first-order chi connectivity index (χ1) is 23.9. The molecule has 12 nitrogen and oxygen atoms in total. The summed E-state index contributed by atoms with van der Waals surface area (Å²) in [5.41, 5.74) is 4.88. The molecule has 258 valence electrons. The van der Waals surface area contributed by atoms with Crippen LogP contribution in [0.15, 0.2) is 47.3 Å². The number of benzene rings is 1. The zero-order chi connectivity index (χ0) is 35.3. The molecular formula is C37H39BrN8O4. The molecule has 1 aromatic carbocycles. The van der Waals surface area contributed by atoms with Crippen LogP contribution in [0.2, 0.25) is 0 Å². The average Bonchev–Trinajstić information content (AvgIpc) is 3.48. The van der Waals surface area contributed by atoms with Gasteiger partial charge in [-0.05, 0) is 109 Å². The van der Waals surface area contributed by atoms with E-state index in [-0.39, 0.29) is 41.8 Å². The van der Waals surface area contributed by atoms with Crippen LogP contribution in [0.4, 0.5) is 5.82 Å². The molecule has 2 fully saturated rings. The molecule has 4 aromatic rings. The molecule has 1 saturated carbocycles. The number of amides is 3. The third-order valence-electron chi connectivity index (χ3n) is 10.3. The summed E-state index contributed by atoms with van der Waals surface area (Å²) >= 11 is 3.43. The zero-order valence-electron chi connectivity index (χ0n) is 28.5. The lowest BCUT2D eigenvalue weighted by atomic mass is 9.98. The maximum absolute atomic E-state index is 14.5. The Morgan fingerprint density at radius 3 is 2.58 bits per heavy atom. The van der Waals surface area contributed by atoms with Gasteiger partial charge in [0.05, 0.1) is 5.52 Å². The number of piperidine rings is 1. The predicted octanol–water partition coefficient (Wildman–Crippen LogP) is 5.18. The van der Waals surface area contributed by atoms with E-state index in [0.29, 0.717) is 65.8 Å². The Morgan fingerprint density at radius 2 is 1.82 bits per heavy atom. The molecule has 1 aliphatic carbocycles. The number of anilines is 1. The van der Waals surface area contributed by atoms with Gasteiger partial charge >= 0.3 is 0 Å². The van der Waals surface area contributed by atoms with Gasteiger partial charge < -0.3 is 15.5 Å². The molecule has 0 unspecified atom stereocenters. The second-order valence-electron chi connectivity index (χ2n) is 13.8. The second-order valence-corrected chi connectivity index (χ2v) is 14.6. The summed E-state index contributed by atoms with van der Waals surface area (Å²) in [5.74, 6) is 0.220. The van der Waals surface area contributed by atoms with Crippen molar-refractivity contribution in [3.63, 3.8) is 0 Å². The van der Waals surface area contributed by atoms with Crippen molar-refractivity contribution in [3.8, 4) is 11.1 Å². The predicted molar refractivity (Wildman–Crippen MR) is 191 cm³/mol. The van der Waals surface area contributed by atoms with Gasteiger partial charge in [0.25, 0.3) is 0 Å². The Kier molecular flexibility index (Phi) is 8.87. The number of Topliss-reactive ketones (excluding diaryl/α,β-unsaturated/α-hetero) is 1. The van der Waals surface area contributed by atoms with E-state index in [1.54, 1.807) is 22.0 Å². The van der Waals surface area contributed by atoms with Crippen LogP contribution < -0.4 is 10.6 Å². The Morgan fingerprint density at radius 1 is 1.04 bits per heavy atom. The van der Waals surface area contributed by atoms with Gasteiger partial charge in [-0.2, -0.15) is 5.10 Å². The Bertz CT molecular complexity index is 2090. The van der Waals surface area contributed by atoms with Crippen molar-refractivity contribution in [3.05, 3.63) is 75.6 Å². The number of carbonyl (C=O) groups excluding carboxylic acids is 4. The number of carbonyl (C=O) groups is 4. The minimum atomic E-state index is -0.776. The molecule has 2 bridgehead atoms. The molecule has 3 aliphatic rings. The highest BCUT2D eigenvalue weighted by Gasteiger charge is 2.67. The van der Waals surface area contributed by atoms with Crippen LogP contribution in [0.3, 0.4) is 0 Å². The molecule has 7 rings (SSSR count). The maximum Gasteiger partial charge on any atom is 0.248 e. The van der Waals surface area contributed by atoms with E-state index in [0.717, 1.165) is 34.2 Å². The number of hydrogen-bond acceptors (Lipinski definition) is 8. The molecule has 0 radical (unpaired) electrons. The van der Waals surface area contributed by atoms with Crippen molar-refractivity contribution in [2.75, 3.05) is 11.9 Å². The lowest BCUT2D eigenvalue weighted by Crippen LogP contribution is -2.47. The summed E-state index contributed by atoms with van der Waals surface area (Å²) < 4.78 is 2.22. The van der Waals surface area contributed by atoms with Crippen molar-refractivity contribution in [1.82, 2.24) is 34.9 Å². The van der Waals surface area contributed by atoms with E-state index >= 15 is 0 Å². The first-order valence-corrected chi connectivity index (χ1v) is 17.7. The van der Waals surface area contributed by atoms with Crippen LogP contribution >= 0.6 is 15.9 Å². The standard InChI is InChI=1S/C37H39BrN8O4/c1-20-11-30(38)42-35(21(20)2)43-36(50)28-14-37-15-29(37)46(28)32(49)18-45-34-24(9-7-5-6-8-10-31(48)41-19-37)12-25(26-16-39-23(4)40-17-26)13-27(34)33(44-45)22(3)47/h5,7,11-13,16-17,28-29H,6,8-10,14-15,18-19H2,1-4H3,(H,41,48)(H,42,43,50)/b7-5+/t28-,29+,37-/m0/s1. The summed E-state index contributed by atoms with van der Waals surface area (Å²) in [7, 11) is 0. The quantitative estimate of drug-likeness (QED) is 0.165. The molecule has 3 aromatic heterocycles. The number of ketones is 1. The average molecular weight is 740 g/mol. The van der Waals surface area contributed by atoms with Crippen LogP contribution in [-0.2, 0) is 27.3 Å². The van der Waals surface area contributed by atoms with Gasteiger partial charge in [0, 0.05) is 54.7 Å². The monoisotopic (exact) mass is 738 g/mol. The lowest BCUT2D eigenvalue weighted by Gasteiger charge is -2.27. The maximum atomic E-state index is 14.5. The van der Waals surface area contributed by atoms with Crippen LogP contribution in [0.1, 0.15) is 72.0 Å². The fourth-order valence-corrected chi connectivity index (χ4v) is 7.93. The third kappa shape index (κ3) is 6.34. The van der Waals surface area contributed by atoms with Gasteiger partial charge in [0.15, 0.2) is 5.78 Å². The highest BCUT2D eigenvalue weighted by Crippen LogP contribution is 2.59. The van der Waals surface area contributed by atoms with E-state index in [1.807, 2.05) is 45.0 Å². The highest BCUT2D eigenvalue weighted by molar-refractivity contribution is 9.10. The van der Waals surface area contributed by atoms with E-state index in [9.17, 15) is 19.2 Å². The Labute approximate surface area is 298 Å². The third-order valence-corrected chi connectivity index (χ3v) is 10.7. The van der Waals surface area contributed by atoms with Crippen molar-refractivity contribution in [2.45, 2.75) is 84.8 Å². The van der Waals surface area contributed by atoms with Crippen molar-refractivity contribution in [2.24, 2.45) is 5.41 Å².